The van der Waals surface area contributed by atoms with Gasteiger partial charge in [-0.15, -0.1) is 0 Å². The lowest BCUT2D eigenvalue weighted by molar-refractivity contribution is -0.111. The molecule has 156 valence electrons. The molecule has 0 aliphatic rings. The van der Waals surface area contributed by atoms with Gasteiger partial charge in [0.1, 0.15) is 11.5 Å². The van der Waals surface area contributed by atoms with Crippen LogP contribution in [0.3, 0.4) is 0 Å². The summed E-state index contributed by atoms with van der Waals surface area (Å²) in [5.74, 6) is 2.24. The number of methoxy groups -OCH3 is 2. The Morgan fingerprint density at radius 1 is 0.935 bits per heavy atom. The van der Waals surface area contributed by atoms with Crippen molar-refractivity contribution < 1.29 is 19.0 Å². The zero-order valence-corrected chi connectivity index (χ0v) is 17.5. The molecule has 0 aliphatic heterocycles. The maximum Gasteiger partial charge on any atom is 0.248 e. The van der Waals surface area contributed by atoms with E-state index < -0.39 is 0 Å². The molecule has 0 aromatic heterocycles. The molecular weight excluding hydrogens is 392 g/mol. The highest BCUT2D eigenvalue weighted by Crippen LogP contribution is 2.28. The number of anilines is 1. The van der Waals surface area contributed by atoms with Gasteiger partial charge in [0, 0.05) is 11.8 Å². The molecule has 0 saturated carbocycles. The zero-order valence-electron chi connectivity index (χ0n) is 17.5. The first-order valence-corrected chi connectivity index (χ1v) is 9.52. The zero-order chi connectivity index (χ0) is 22.2. The van der Waals surface area contributed by atoms with E-state index in [2.05, 4.69) is 11.4 Å². The molecule has 1 amide bonds. The van der Waals surface area contributed by atoms with Gasteiger partial charge in [-0.2, -0.15) is 5.26 Å². The largest absolute Gasteiger partial charge is 0.493 e. The van der Waals surface area contributed by atoms with Crippen molar-refractivity contribution in [2.45, 2.75) is 6.92 Å². The highest BCUT2D eigenvalue weighted by Gasteiger charge is 2.06. The number of nitriles is 1. The smallest absolute Gasteiger partial charge is 0.248 e. The van der Waals surface area contributed by atoms with Gasteiger partial charge < -0.3 is 19.5 Å². The van der Waals surface area contributed by atoms with Crippen LogP contribution in [-0.4, -0.2) is 20.1 Å². The first-order chi connectivity index (χ1) is 15.0. The quantitative estimate of drug-likeness (QED) is 0.529. The van der Waals surface area contributed by atoms with Crippen molar-refractivity contribution in [3.05, 3.63) is 83.4 Å². The van der Waals surface area contributed by atoms with Crippen LogP contribution in [0, 0.1) is 18.3 Å². The Labute approximate surface area is 181 Å². The second-order valence-corrected chi connectivity index (χ2v) is 6.65. The summed E-state index contributed by atoms with van der Waals surface area (Å²) in [6.07, 6.45) is 3.16. The van der Waals surface area contributed by atoms with Gasteiger partial charge in [-0.1, -0.05) is 6.07 Å². The van der Waals surface area contributed by atoms with Crippen molar-refractivity contribution in [1.29, 1.82) is 5.26 Å². The summed E-state index contributed by atoms with van der Waals surface area (Å²) in [4.78, 5) is 12.3. The minimum absolute atomic E-state index is 0.251. The molecule has 0 saturated heterocycles. The average molecular weight is 414 g/mol. The van der Waals surface area contributed by atoms with E-state index in [0.29, 0.717) is 34.2 Å². The van der Waals surface area contributed by atoms with Crippen LogP contribution in [-0.2, 0) is 4.79 Å². The maximum absolute atomic E-state index is 12.3. The molecule has 3 aromatic carbocycles. The lowest BCUT2D eigenvalue weighted by Gasteiger charge is -2.10. The number of aryl methyl sites for hydroxylation is 1. The summed E-state index contributed by atoms with van der Waals surface area (Å²) in [5, 5.41) is 11.7. The topological polar surface area (TPSA) is 80.6 Å². The van der Waals surface area contributed by atoms with Gasteiger partial charge >= 0.3 is 0 Å². The Hall–Kier alpha value is -4.24. The molecule has 0 spiro atoms. The van der Waals surface area contributed by atoms with Crippen LogP contribution in [0.2, 0.25) is 0 Å². The summed E-state index contributed by atoms with van der Waals surface area (Å²) in [6, 6.07) is 19.8. The number of carbonyl (C=O) groups is 1. The van der Waals surface area contributed by atoms with Crippen LogP contribution in [0.15, 0.2) is 66.7 Å². The molecule has 3 rings (SSSR count). The van der Waals surface area contributed by atoms with Gasteiger partial charge in [-0.25, -0.2) is 0 Å². The molecular formula is C25H22N2O4. The third kappa shape index (κ3) is 5.64. The number of hydrogen-bond acceptors (Lipinski definition) is 5. The lowest BCUT2D eigenvalue weighted by Crippen LogP contribution is -2.08. The van der Waals surface area contributed by atoms with Crippen LogP contribution in [0.4, 0.5) is 5.69 Å². The average Bonchev–Trinajstić information content (AvgIpc) is 2.79. The highest BCUT2D eigenvalue weighted by atomic mass is 16.5. The van der Waals surface area contributed by atoms with E-state index in [1.165, 1.54) is 6.08 Å². The minimum atomic E-state index is -0.251. The molecule has 6 heteroatoms. The van der Waals surface area contributed by atoms with Crippen LogP contribution >= 0.6 is 0 Å². The van der Waals surface area contributed by atoms with Gasteiger partial charge in [0.25, 0.3) is 0 Å². The van der Waals surface area contributed by atoms with Crippen molar-refractivity contribution in [3.63, 3.8) is 0 Å². The molecule has 6 nitrogen and oxygen atoms in total. The second-order valence-electron chi connectivity index (χ2n) is 6.65. The molecule has 31 heavy (non-hydrogen) atoms. The molecule has 0 aliphatic carbocycles. The van der Waals surface area contributed by atoms with E-state index in [1.54, 1.807) is 68.8 Å². The van der Waals surface area contributed by atoms with Gasteiger partial charge in [0.2, 0.25) is 5.91 Å². The SMILES string of the molecule is COc1ccc(/C=C/C(=O)Nc2ccc(Oc3ccc(C#N)cc3)cc2C)cc1OC. The predicted molar refractivity (Wildman–Crippen MR) is 120 cm³/mol. The van der Waals surface area contributed by atoms with E-state index in [-0.39, 0.29) is 5.91 Å². The number of nitrogens with one attached hydrogen (secondary N) is 1. The fourth-order valence-corrected chi connectivity index (χ4v) is 2.88. The Bertz CT molecular complexity index is 1150. The Kier molecular flexibility index (Phi) is 6.92. The summed E-state index contributed by atoms with van der Waals surface area (Å²) in [6.45, 7) is 1.89. The Morgan fingerprint density at radius 3 is 2.29 bits per heavy atom. The number of rotatable bonds is 7. The molecule has 0 atom stereocenters. The summed E-state index contributed by atoms with van der Waals surface area (Å²) >= 11 is 0. The number of amides is 1. The van der Waals surface area contributed by atoms with Crippen molar-refractivity contribution in [2.75, 3.05) is 19.5 Å². The number of hydrogen-bond donors (Lipinski definition) is 1. The van der Waals surface area contributed by atoms with E-state index in [9.17, 15) is 4.79 Å². The number of carbonyl (C=O) groups excluding carboxylic acids is 1. The first-order valence-electron chi connectivity index (χ1n) is 9.52. The number of benzene rings is 3. The third-order valence-electron chi connectivity index (χ3n) is 4.51. The molecule has 0 bridgehead atoms. The third-order valence-corrected chi connectivity index (χ3v) is 4.51. The van der Waals surface area contributed by atoms with Gasteiger partial charge in [-0.3, -0.25) is 4.79 Å². The Morgan fingerprint density at radius 2 is 1.65 bits per heavy atom. The molecule has 0 heterocycles. The highest BCUT2D eigenvalue weighted by molar-refractivity contribution is 6.02. The van der Waals surface area contributed by atoms with Crippen LogP contribution in [0.25, 0.3) is 6.08 Å². The first kappa shape index (κ1) is 21.5. The minimum Gasteiger partial charge on any atom is -0.493 e. The van der Waals surface area contributed by atoms with Crippen LogP contribution in [0.5, 0.6) is 23.0 Å². The van der Waals surface area contributed by atoms with E-state index in [4.69, 9.17) is 19.5 Å². The van der Waals surface area contributed by atoms with Crippen molar-refractivity contribution in [3.8, 4) is 29.1 Å². The molecule has 0 unspecified atom stereocenters. The monoisotopic (exact) mass is 414 g/mol. The van der Waals surface area contributed by atoms with Crippen molar-refractivity contribution in [2.24, 2.45) is 0 Å². The summed E-state index contributed by atoms with van der Waals surface area (Å²) < 4.78 is 16.3. The van der Waals surface area contributed by atoms with Crippen LogP contribution < -0.4 is 19.5 Å². The summed E-state index contributed by atoms with van der Waals surface area (Å²) in [5.41, 5.74) is 2.94. The van der Waals surface area contributed by atoms with Gasteiger partial charge in [0.15, 0.2) is 11.5 Å². The standard InChI is InChI=1S/C25H22N2O4/c1-17-14-21(31-20-8-4-19(16-26)5-9-20)10-11-22(17)27-25(28)13-7-18-6-12-23(29-2)24(15-18)30-3/h4-15H,1-3H3,(H,27,28)/b13-7+. The predicted octanol–water partition coefficient (Wildman–Crippen LogP) is 5.33. The molecule has 3 aromatic rings. The molecule has 1 N–H and O–H groups in total. The van der Waals surface area contributed by atoms with Crippen molar-refractivity contribution in [1.82, 2.24) is 0 Å². The second kappa shape index (κ2) is 9.99. The normalized spacial score (nSPS) is 10.4. The van der Waals surface area contributed by atoms with E-state index >= 15 is 0 Å². The molecule has 0 fully saturated rings. The van der Waals surface area contributed by atoms with Gasteiger partial charge in [0.05, 0.1) is 25.9 Å². The van der Waals surface area contributed by atoms with Crippen molar-refractivity contribution >= 4 is 17.7 Å². The van der Waals surface area contributed by atoms with Gasteiger partial charge in [-0.05, 0) is 78.7 Å². The fraction of sp³-hybridized carbons (Fsp3) is 0.120. The Balaban J connectivity index is 1.64. The number of ether oxygens (including phenoxy) is 3. The molecule has 0 radical (unpaired) electrons. The maximum atomic E-state index is 12.3. The van der Waals surface area contributed by atoms with E-state index in [0.717, 1.165) is 11.1 Å². The summed E-state index contributed by atoms with van der Waals surface area (Å²) in [7, 11) is 3.14. The number of nitrogens with zero attached hydrogens (tertiary/aromatic N) is 1. The van der Waals surface area contributed by atoms with E-state index in [1.807, 2.05) is 19.1 Å². The fourth-order valence-electron chi connectivity index (χ4n) is 2.88. The lowest BCUT2D eigenvalue weighted by atomic mass is 10.1. The van der Waals surface area contributed by atoms with Crippen LogP contribution in [0.1, 0.15) is 16.7 Å².